The first-order valence-electron chi connectivity index (χ1n) is 9.21. The molecule has 0 radical (unpaired) electrons. The number of carbonyl (C=O) groups is 1. The van der Waals surface area contributed by atoms with Crippen LogP contribution in [0, 0.1) is 6.92 Å². The van der Waals surface area contributed by atoms with Gasteiger partial charge in [0.05, 0.1) is 28.7 Å². The molecule has 1 saturated heterocycles. The third-order valence-corrected chi connectivity index (χ3v) is 4.71. The predicted molar refractivity (Wildman–Crippen MR) is 98.4 cm³/mol. The first kappa shape index (κ1) is 17.7. The van der Waals surface area contributed by atoms with E-state index in [1.807, 2.05) is 23.7 Å². The summed E-state index contributed by atoms with van der Waals surface area (Å²) in [5.41, 5.74) is 4.72. The van der Waals surface area contributed by atoms with Crippen LogP contribution in [0.15, 0.2) is 24.3 Å². The summed E-state index contributed by atoms with van der Waals surface area (Å²) in [7, 11) is 0. The van der Waals surface area contributed by atoms with E-state index in [0.717, 1.165) is 54.9 Å². The van der Waals surface area contributed by atoms with Crippen molar-refractivity contribution in [1.29, 1.82) is 0 Å². The molecule has 1 fully saturated rings. The summed E-state index contributed by atoms with van der Waals surface area (Å²) in [4.78, 5) is 12.9. The number of rotatable bonds is 6. The molecule has 2 heterocycles. The Morgan fingerprint density at radius 3 is 2.84 bits per heavy atom. The molecular formula is C20H27N3O2. The average Bonchev–Trinajstić information content (AvgIpc) is 3.26. The van der Waals surface area contributed by atoms with E-state index in [9.17, 15) is 4.79 Å². The number of hydrogen-bond acceptors (Lipinski definition) is 3. The van der Waals surface area contributed by atoms with Crippen molar-refractivity contribution in [2.45, 2.75) is 52.6 Å². The van der Waals surface area contributed by atoms with Gasteiger partial charge in [-0.15, -0.1) is 0 Å². The zero-order chi connectivity index (χ0) is 17.8. The van der Waals surface area contributed by atoms with E-state index in [1.54, 1.807) is 0 Å². The highest BCUT2D eigenvalue weighted by atomic mass is 16.5. The molecule has 0 aliphatic carbocycles. The lowest BCUT2D eigenvalue weighted by Gasteiger charge is -2.12. The molecule has 5 heteroatoms. The Morgan fingerprint density at radius 2 is 2.20 bits per heavy atom. The van der Waals surface area contributed by atoms with E-state index in [-0.39, 0.29) is 12.0 Å². The molecule has 3 rings (SSSR count). The fourth-order valence-electron chi connectivity index (χ4n) is 3.41. The number of carbonyl (C=O) groups excluding carboxylic acids is 1. The smallest absolute Gasteiger partial charge is 0.255 e. The zero-order valence-corrected chi connectivity index (χ0v) is 15.3. The van der Waals surface area contributed by atoms with Crippen molar-refractivity contribution in [3.05, 3.63) is 46.8 Å². The zero-order valence-electron chi connectivity index (χ0n) is 15.3. The van der Waals surface area contributed by atoms with Crippen LogP contribution >= 0.6 is 0 Å². The standard InChI is InChI=1S/C20H27N3O2/c1-4-17-19(20(24)21-13-16-10-7-11-25-16)18(5-2)23(22-17)15-9-6-8-14(3)12-15/h6,8-9,12,16H,4-5,7,10-11,13H2,1-3H3,(H,21,24)/t16-/m1/s1. The van der Waals surface area contributed by atoms with Crippen LogP contribution in [-0.2, 0) is 17.6 Å². The third kappa shape index (κ3) is 3.76. The number of aromatic nitrogens is 2. The molecule has 1 amide bonds. The Bertz CT molecular complexity index is 745. The predicted octanol–water partition coefficient (Wildman–Crippen LogP) is 3.21. The maximum atomic E-state index is 12.9. The molecule has 1 atom stereocenters. The van der Waals surface area contributed by atoms with Crippen molar-refractivity contribution in [2.24, 2.45) is 0 Å². The number of amides is 1. The van der Waals surface area contributed by atoms with Crippen LogP contribution in [0.4, 0.5) is 0 Å². The lowest BCUT2D eigenvalue weighted by atomic mass is 10.1. The molecule has 1 aliphatic rings. The van der Waals surface area contributed by atoms with Gasteiger partial charge in [0.15, 0.2) is 0 Å². The summed E-state index contributed by atoms with van der Waals surface area (Å²) < 4.78 is 7.53. The molecule has 134 valence electrons. The summed E-state index contributed by atoms with van der Waals surface area (Å²) in [5.74, 6) is -0.0388. The van der Waals surface area contributed by atoms with Crippen molar-refractivity contribution in [2.75, 3.05) is 13.2 Å². The van der Waals surface area contributed by atoms with Gasteiger partial charge in [0.1, 0.15) is 0 Å². The van der Waals surface area contributed by atoms with E-state index in [1.165, 1.54) is 5.56 Å². The topological polar surface area (TPSA) is 56.2 Å². The molecule has 25 heavy (non-hydrogen) atoms. The average molecular weight is 341 g/mol. The monoisotopic (exact) mass is 341 g/mol. The number of nitrogens with zero attached hydrogens (tertiary/aromatic N) is 2. The van der Waals surface area contributed by atoms with Crippen LogP contribution < -0.4 is 5.32 Å². The van der Waals surface area contributed by atoms with E-state index in [0.29, 0.717) is 6.54 Å². The van der Waals surface area contributed by atoms with Gasteiger partial charge in [0, 0.05) is 13.2 Å². The second-order valence-electron chi connectivity index (χ2n) is 6.57. The van der Waals surface area contributed by atoms with Gasteiger partial charge in [0.2, 0.25) is 0 Å². The molecule has 0 unspecified atom stereocenters. The summed E-state index contributed by atoms with van der Waals surface area (Å²) in [6.45, 7) is 7.54. The molecule has 0 bridgehead atoms. The minimum Gasteiger partial charge on any atom is -0.376 e. The molecule has 0 spiro atoms. The third-order valence-electron chi connectivity index (χ3n) is 4.71. The molecule has 5 nitrogen and oxygen atoms in total. The van der Waals surface area contributed by atoms with Gasteiger partial charge < -0.3 is 10.1 Å². The summed E-state index contributed by atoms with van der Waals surface area (Å²) in [6.07, 6.45) is 3.72. The van der Waals surface area contributed by atoms with E-state index >= 15 is 0 Å². The molecule has 1 aromatic heterocycles. The number of hydrogen-bond donors (Lipinski definition) is 1. The van der Waals surface area contributed by atoms with E-state index in [4.69, 9.17) is 9.84 Å². The fraction of sp³-hybridized carbons (Fsp3) is 0.500. The maximum Gasteiger partial charge on any atom is 0.255 e. The molecule has 1 aromatic carbocycles. The minimum atomic E-state index is -0.0388. The Balaban J connectivity index is 1.90. The molecular weight excluding hydrogens is 314 g/mol. The highest BCUT2D eigenvalue weighted by molar-refractivity contribution is 5.96. The Labute approximate surface area is 149 Å². The van der Waals surface area contributed by atoms with Crippen molar-refractivity contribution in [3.8, 4) is 5.69 Å². The number of nitrogens with one attached hydrogen (secondary N) is 1. The molecule has 2 aromatic rings. The van der Waals surface area contributed by atoms with Crippen molar-refractivity contribution in [3.63, 3.8) is 0 Å². The van der Waals surface area contributed by atoms with Gasteiger partial charge in [-0.25, -0.2) is 4.68 Å². The highest BCUT2D eigenvalue weighted by Crippen LogP contribution is 2.21. The second-order valence-corrected chi connectivity index (χ2v) is 6.57. The Kier molecular flexibility index (Phi) is 5.53. The largest absolute Gasteiger partial charge is 0.376 e. The van der Waals surface area contributed by atoms with Gasteiger partial charge in [-0.2, -0.15) is 5.10 Å². The lowest BCUT2D eigenvalue weighted by Crippen LogP contribution is -2.32. The van der Waals surface area contributed by atoms with Crippen molar-refractivity contribution >= 4 is 5.91 Å². The Morgan fingerprint density at radius 1 is 1.36 bits per heavy atom. The fourth-order valence-corrected chi connectivity index (χ4v) is 3.41. The van der Waals surface area contributed by atoms with Crippen LogP contribution in [0.2, 0.25) is 0 Å². The normalized spacial score (nSPS) is 17.0. The lowest BCUT2D eigenvalue weighted by molar-refractivity contribution is 0.0856. The second kappa shape index (κ2) is 7.83. The van der Waals surface area contributed by atoms with Crippen LogP contribution in [0.5, 0.6) is 0 Å². The maximum absolute atomic E-state index is 12.9. The van der Waals surface area contributed by atoms with Crippen LogP contribution in [0.1, 0.15) is 54.0 Å². The van der Waals surface area contributed by atoms with E-state index < -0.39 is 0 Å². The SMILES string of the molecule is CCc1nn(-c2cccc(C)c2)c(CC)c1C(=O)NC[C@H]1CCCO1. The van der Waals surface area contributed by atoms with Gasteiger partial charge in [-0.1, -0.05) is 26.0 Å². The first-order valence-corrected chi connectivity index (χ1v) is 9.21. The number of ether oxygens (including phenoxy) is 1. The Hall–Kier alpha value is -2.14. The minimum absolute atomic E-state index is 0.0388. The van der Waals surface area contributed by atoms with Gasteiger partial charge in [-0.05, 0) is 50.3 Å². The molecule has 0 saturated carbocycles. The molecule has 1 aliphatic heterocycles. The van der Waals surface area contributed by atoms with E-state index in [2.05, 4.69) is 31.3 Å². The summed E-state index contributed by atoms with van der Waals surface area (Å²) >= 11 is 0. The highest BCUT2D eigenvalue weighted by Gasteiger charge is 2.24. The van der Waals surface area contributed by atoms with Crippen molar-refractivity contribution in [1.82, 2.24) is 15.1 Å². The van der Waals surface area contributed by atoms with Gasteiger partial charge in [-0.3, -0.25) is 4.79 Å². The summed E-state index contributed by atoms with van der Waals surface area (Å²) in [6, 6.07) is 8.22. The van der Waals surface area contributed by atoms with Crippen LogP contribution in [0.3, 0.4) is 0 Å². The summed E-state index contributed by atoms with van der Waals surface area (Å²) in [5, 5.41) is 7.79. The van der Waals surface area contributed by atoms with Crippen molar-refractivity contribution < 1.29 is 9.53 Å². The first-order chi connectivity index (χ1) is 12.1. The van der Waals surface area contributed by atoms with Crippen LogP contribution in [0.25, 0.3) is 5.69 Å². The molecule has 1 N–H and O–H groups in total. The number of benzene rings is 1. The van der Waals surface area contributed by atoms with Gasteiger partial charge in [0.25, 0.3) is 5.91 Å². The van der Waals surface area contributed by atoms with Crippen LogP contribution in [-0.4, -0.2) is 34.9 Å². The quantitative estimate of drug-likeness (QED) is 0.878. The van der Waals surface area contributed by atoms with Gasteiger partial charge >= 0.3 is 0 Å². The number of aryl methyl sites for hydroxylation is 2.